The van der Waals surface area contributed by atoms with Crippen LogP contribution in [0.3, 0.4) is 0 Å². The lowest BCUT2D eigenvalue weighted by Crippen LogP contribution is -2.40. The first-order chi connectivity index (χ1) is 11.7. The molecule has 0 spiro atoms. The smallest absolute Gasteiger partial charge is 0.254 e. The summed E-state index contributed by atoms with van der Waals surface area (Å²) in [7, 11) is 0. The highest BCUT2D eigenvalue weighted by Crippen LogP contribution is 2.37. The predicted octanol–water partition coefficient (Wildman–Crippen LogP) is 3.76. The van der Waals surface area contributed by atoms with E-state index in [2.05, 4.69) is 29.6 Å². The molecular formula is C20H26N2O2. The number of carbonyl (C=O) groups excluding carboxylic acids is 1. The lowest BCUT2D eigenvalue weighted by molar-refractivity contribution is 0.0940. The third kappa shape index (κ3) is 3.70. The van der Waals surface area contributed by atoms with E-state index in [4.69, 9.17) is 10.2 Å². The minimum absolute atomic E-state index is 0.0356. The quantitative estimate of drug-likeness (QED) is 0.822. The van der Waals surface area contributed by atoms with Crippen molar-refractivity contribution in [3.63, 3.8) is 0 Å². The Bertz CT molecular complexity index is 655. The summed E-state index contributed by atoms with van der Waals surface area (Å²) in [4.78, 5) is 12.5. The van der Waals surface area contributed by atoms with Gasteiger partial charge in [0, 0.05) is 12.0 Å². The van der Waals surface area contributed by atoms with Gasteiger partial charge < -0.3 is 15.5 Å². The van der Waals surface area contributed by atoms with E-state index in [0.29, 0.717) is 24.4 Å². The van der Waals surface area contributed by atoms with Crippen LogP contribution in [0.1, 0.15) is 60.2 Å². The average Bonchev–Trinajstić information content (AvgIpc) is 2.99. The largest absolute Gasteiger partial charge is 0.467 e. The van der Waals surface area contributed by atoms with Gasteiger partial charge in [0.1, 0.15) is 12.0 Å². The molecule has 4 nitrogen and oxygen atoms in total. The first kappa shape index (κ1) is 16.8. The van der Waals surface area contributed by atoms with Crippen LogP contribution in [0.15, 0.2) is 47.1 Å². The van der Waals surface area contributed by atoms with E-state index in [1.807, 2.05) is 6.07 Å². The molecule has 2 aromatic rings. The number of amides is 1. The Morgan fingerprint density at radius 1 is 1.12 bits per heavy atom. The van der Waals surface area contributed by atoms with Crippen LogP contribution in [0.4, 0.5) is 0 Å². The molecule has 1 aromatic heterocycles. The van der Waals surface area contributed by atoms with Crippen LogP contribution < -0.4 is 11.1 Å². The van der Waals surface area contributed by atoms with Crippen LogP contribution in [0, 0.1) is 0 Å². The van der Waals surface area contributed by atoms with Crippen molar-refractivity contribution in [2.75, 3.05) is 6.54 Å². The van der Waals surface area contributed by atoms with Gasteiger partial charge >= 0.3 is 0 Å². The number of hydrogen-bond donors (Lipinski definition) is 2. The van der Waals surface area contributed by atoms with Gasteiger partial charge in [-0.3, -0.25) is 4.79 Å². The Morgan fingerprint density at radius 3 is 2.46 bits per heavy atom. The fourth-order valence-electron chi connectivity index (χ4n) is 3.72. The second-order valence-electron chi connectivity index (χ2n) is 6.75. The molecule has 128 valence electrons. The van der Waals surface area contributed by atoms with Gasteiger partial charge in [-0.15, -0.1) is 0 Å². The van der Waals surface area contributed by atoms with E-state index in [1.165, 1.54) is 37.5 Å². The van der Waals surface area contributed by atoms with Crippen molar-refractivity contribution < 1.29 is 9.21 Å². The zero-order chi connectivity index (χ0) is 16.8. The van der Waals surface area contributed by atoms with E-state index < -0.39 is 0 Å². The molecule has 1 saturated carbocycles. The van der Waals surface area contributed by atoms with Crippen LogP contribution in [0.25, 0.3) is 0 Å². The third-order valence-corrected chi connectivity index (χ3v) is 5.15. The van der Waals surface area contributed by atoms with Gasteiger partial charge in [-0.05, 0) is 24.5 Å². The second-order valence-corrected chi connectivity index (χ2v) is 6.75. The number of furan rings is 1. The summed E-state index contributed by atoms with van der Waals surface area (Å²) in [5, 5.41) is 3.13. The maximum atomic E-state index is 12.5. The molecule has 1 fully saturated rings. The van der Waals surface area contributed by atoms with Crippen molar-refractivity contribution in [2.24, 2.45) is 5.73 Å². The summed E-state index contributed by atoms with van der Waals surface area (Å²) < 4.78 is 5.27. The lowest BCUT2D eigenvalue weighted by Gasteiger charge is -2.33. The number of hydrogen-bond acceptors (Lipinski definition) is 3. The topological polar surface area (TPSA) is 68.3 Å². The van der Waals surface area contributed by atoms with Gasteiger partial charge in [-0.2, -0.15) is 0 Å². The molecule has 1 aliphatic carbocycles. The highest BCUT2D eigenvalue weighted by molar-refractivity contribution is 5.94. The first-order valence-electron chi connectivity index (χ1n) is 8.85. The Labute approximate surface area is 143 Å². The minimum atomic E-state index is -0.0852. The number of nitrogens with two attached hydrogens (primary N) is 1. The van der Waals surface area contributed by atoms with E-state index in [1.54, 1.807) is 6.07 Å². The Kier molecular flexibility index (Phi) is 5.36. The Hall–Kier alpha value is -2.07. The van der Waals surface area contributed by atoms with Crippen LogP contribution in [-0.2, 0) is 12.0 Å². The summed E-state index contributed by atoms with van der Waals surface area (Å²) in [6.45, 7) is 0.972. The summed E-state index contributed by atoms with van der Waals surface area (Å²) in [5.41, 5.74) is 7.46. The molecule has 4 heteroatoms. The molecule has 3 rings (SSSR count). The third-order valence-electron chi connectivity index (χ3n) is 5.15. The maximum absolute atomic E-state index is 12.5. The maximum Gasteiger partial charge on any atom is 0.254 e. The standard InChI is InChI=1S/C20H26N2O2/c21-13-18-12-16(14-24-18)19(23)22-15-20(10-6-1-2-7-11-20)17-8-4-3-5-9-17/h3-5,8-9,12,14H,1-2,6-7,10-11,13,15,21H2,(H,22,23). The number of carbonyl (C=O) groups is 1. The minimum Gasteiger partial charge on any atom is -0.467 e. The van der Waals surface area contributed by atoms with E-state index in [-0.39, 0.29) is 11.3 Å². The van der Waals surface area contributed by atoms with Crippen molar-refractivity contribution >= 4 is 5.91 Å². The Balaban J connectivity index is 1.75. The summed E-state index contributed by atoms with van der Waals surface area (Å²) in [5.74, 6) is 0.547. The second kappa shape index (κ2) is 7.67. The normalized spacial score (nSPS) is 17.2. The number of nitrogens with one attached hydrogen (secondary N) is 1. The lowest BCUT2D eigenvalue weighted by atomic mass is 9.74. The molecule has 0 atom stereocenters. The summed E-state index contributed by atoms with van der Waals surface area (Å²) in [6.07, 6.45) is 8.73. The molecule has 1 aliphatic rings. The van der Waals surface area contributed by atoms with Crippen molar-refractivity contribution in [1.82, 2.24) is 5.32 Å². The monoisotopic (exact) mass is 326 g/mol. The van der Waals surface area contributed by atoms with Crippen molar-refractivity contribution in [3.8, 4) is 0 Å². The van der Waals surface area contributed by atoms with E-state index in [0.717, 1.165) is 12.8 Å². The molecule has 24 heavy (non-hydrogen) atoms. The molecular weight excluding hydrogens is 300 g/mol. The molecule has 0 radical (unpaired) electrons. The molecule has 0 unspecified atom stereocenters. The molecule has 1 amide bonds. The molecule has 1 heterocycles. The first-order valence-corrected chi connectivity index (χ1v) is 8.85. The van der Waals surface area contributed by atoms with Crippen molar-refractivity contribution in [3.05, 3.63) is 59.5 Å². The van der Waals surface area contributed by atoms with Crippen LogP contribution in [0.2, 0.25) is 0 Å². The predicted molar refractivity (Wildman–Crippen MR) is 94.8 cm³/mol. The number of benzene rings is 1. The molecule has 1 aromatic carbocycles. The fraction of sp³-hybridized carbons (Fsp3) is 0.450. The highest BCUT2D eigenvalue weighted by Gasteiger charge is 2.33. The van der Waals surface area contributed by atoms with Gasteiger partial charge in [0.25, 0.3) is 5.91 Å². The fourth-order valence-corrected chi connectivity index (χ4v) is 3.72. The molecule has 0 bridgehead atoms. The SMILES string of the molecule is NCc1cc(C(=O)NCC2(c3ccccc3)CCCCCC2)co1. The van der Waals surface area contributed by atoms with Gasteiger partial charge in [-0.25, -0.2) is 0 Å². The summed E-state index contributed by atoms with van der Waals surface area (Å²) >= 11 is 0. The average molecular weight is 326 g/mol. The number of rotatable bonds is 5. The zero-order valence-corrected chi connectivity index (χ0v) is 14.1. The van der Waals surface area contributed by atoms with E-state index in [9.17, 15) is 4.79 Å². The molecule has 0 saturated heterocycles. The van der Waals surface area contributed by atoms with Crippen molar-refractivity contribution in [2.45, 2.75) is 50.5 Å². The van der Waals surface area contributed by atoms with Crippen LogP contribution in [0.5, 0.6) is 0 Å². The highest BCUT2D eigenvalue weighted by atomic mass is 16.3. The summed E-state index contributed by atoms with van der Waals surface area (Å²) in [6, 6.07) is 12.3. The zero-order valence-electron chi connectivity index (χ0n) is 14.1. The van der Waals surface area contributed by atoms with Gasteiger partial charge in [0.2, 0.25) is 0 Å². The van der Waals surface area contributed by atoms with Crippen LogP contribution in [-0.4, -0.2) is 12.5 Å². The van der Waals surface area contributed by atoms with Gasteiger partial charge in [-0.1, -0.05) is 56.0 Å². The van der Waals surface area contributed by atoms with Gasteiger partial charge in [0.15, 0.2) is 0 Å². The van der Waals surface area contributed by atoms with Crippen molar-refractivity contribution in [1.29, 1.82) is 0 Å². The molecule has 0 aliphatic heterocycles. The van der Waals surface area contributed by atoms with E-state index >= 15 is 0 Å². The molecule has 3 N–H and O–H groups in total. The van der Waals surface area contributed by atoms with Gasteiger partial charge in [0.05, 0.1) is 12.1 Å². The Morgan fingerprint density at radius 2 is 1.83 bits per heavy atom. The van der Waals surface area contributed by atoms with Crippen LogP contribution >= 0.6 is 0 Å².